The van der Waals surface area contributed by atoms with Crippen molar-refractivity contribution in [1.29, 1.82) is 0 Å². The monoisotopic (exact) mass is 354 g/mol. The minimum Gasteiger partial charge on any atom is -0.381 e. The summed E-state index contributed by atoms with van der Waals surface area (Å²) < 4.78 is 5.58. The van der Waals surface area contributed by atoms with E-state index >= 15 is 0 Å². The standard InChI is InChI=1S/C19H38N4O2/c1-5-17(23-13-7-9-18(23)24)10-12-22-19(20-6-2)21-11-8-14-25-15-16(3)4/h16-17H,5-15H2,1-4H3,(H2,20,21,22). The van der Waals surface area contributed by atoms with Crippen LogP contribution in [0.5, 0.6) is 0 Å². The number of carbonyl (C=O) groups is 1. The van der Waals surface area contributed by atoms with Gasteiger partial charge in [-0.2, -0.15) is 0 Å². The third-order valence-corrected chi connectivity index (χ3v) is 4.30. The van der Waals surface area contributed by atoms with Crippen molar-refractivity contribution in [3.8, 4) is 0 Å². The van der Waals surface area contributed by atoms with Crippen LogP contribution in [0.1, 0.15) is 59.8 Å². The summed E-state index contributed by atoms with van der Waals surface area (Å²) in [7, 11) is 0. The number of aliphatic imine (C=N–C) groups is 1. The molecule has 0 aromatic rings. The first-order chi connectivity index (χ1) is 12.1. The van der Waals surface area contributed by atoms with Crippen LogP contribution >= 0.6 is 0 Å². The van der Waals surface area contributed by atoms with Crippen LogP contribution in [0, 0.1) is 5.92 Å². The Hall–Kier alpha value is -1.30. The van der Waals surface area contributed by atoms with Gasteiger partial charge in [0.25, 0.3) is 0 Å². The molecule has 6 heteroatoms. The van der Waals surface area contributed by atoms with Crippen molar-refractivity contribution in [3.05, 3.63) is 0 Å². The Balaban J connectivity index is 2.28. The molecule has 1 unspecified atom stereocenters. The Labute approximate surface area is 153 Å². The van der Waals surface area contributed by atoms with Gasteiger partial charge in [0.05, 0.1) is 0 Å². The number of likely N-dealkylation sites (tertiary alicyclic amines) is 1. The van der Waals surface area contributed by atoms with Gasteiger partial charge >= 0.3 is 0 Å². The maximum atomic E-state index is 11.9. The summed E-state index contributed by atoms with van der Waals surface area (Å²) in [5, 5.41) is 6.67. The van der Waals surface area contributed by atoms with E-state index in [2.05, 4.69) is 48.2 Å². The molecule has 1 aliphatic heterocycles. The second-order valence-electron chi connectivity index (χ2n) is 7.05. The molecule has 1 heterocycles. The Morgan fingerprint density at radius 3 is 2.72 bits per heavy atom. The number of carbonyl (C=O) groups excluding carboxylic acids is 1. The molecular formula is C19H38N4O2. The van der Waals surface area contributed by atoms with E-state index < -0.39 is 0 Å². The Bertz CT molecular complexity index is 399. The normalized spacial score (nSPS) is 16.6. The van der Waals surface area contributed by atoms with Crippen LogP contribution in [0.15, 0.2) is 4.99 Å². The molecule has 0 saturated carbocycles. The number of nitrogens with zero attached hydrogens (tertiary/aromatic N) is 2. The van der Waals surface area contributed by atoms with Crippen molar-refractivity contribution in [2.24, 2.45) is 10.9 Å². The van der Waals surface area contributed by atoms with Gasteiger partial charge in [-0.15, -0.1) is 0 Å². The van der Waals surface area contributed by atoms with E-state index in [1.54, 1.807) is 0 Å². The third kappa shape index (κ3) is 9.10. The summed E-state index contributed by atoms with van der Waals surface area (Å²) >= 11 is 0. The average molecular weight is 355 g/mol. The molecule has 1 rings (SSSR count). The van der Waals surface area contributed by atoms with Crippen molar-refractivity contribution in [1.82, 2.24) is 15.5 Å². The number of rotatable bonds is 12. The van der Waals surface area contributed by atoms with Gasteiger partial charge < -0.3 is 20.3 Å². The van der Waals surface area contributed by atoms with Crippen molar-refractivity contribution < 1.29 is 9.53 Å². The van der Waals surface area contributed by atoms with Gasteiger partial charge in [0.15, 0.2) is 5.96 Å². The molecule has 1 fully saturated rings. The lowest BCUT2D eigenvalue weighted by molar-refractivity contribution is -0.129. The predicted octanol–water partition coefficient (Wildman–Crippen LogP) is 2.40. The SMILES string of the molecule is CCNC(=NCCCOCC(C)C)NCCC(CC)N1CCCC1=O. The van der Waals surface area contributed by atoms with Crippen LogP contribution < -0.4 is 10.6 Å². The molecule has 2 N–H and O–H groups in total. The van der Waals surface area contributed by atoms with E-state index in [1.807, 2.05) is 0 Å². The Morgan fingerprint density at radius 1 is 1.32 bits per heavy atom. The van der Waals surface area contributed by atoms with E-state index in [1.165, 1.54) is 0 Å². The topological polar surface area (TPSA) is 66.0 Å². The van der Waals surface area contributed by atoms with Crippen LogP contribution in [-0.2, 0) is 9.53 Å². The second-order valence-corrected chi connectivity index (χ2v) is 7.05. The van der Waals surface area contributed by atoms with Crippen molar-refractivity contribution in [2.45, 2.75) is 65.8 Å². The molecule has 0 aromatic carbocycles. The lowest BCUT2D eigenvalue weighted by atomic mass is 10.1. The fourth-order valence-electron chi connectivity index (χ4n) is 3.01. The van der Waals surface area contributed by atoms with Crippen LogP contribution in [0.4, 0.5) is 0 Å². The summed E-state index contributed by atoms with van der Waals surface area (Å²) in [5.74, 6) is 1.75. The molecule has 0 aromatic heterocycles. The predicted molar refractivity (Wildman–Crippen MR) is 104 cm³/mol. The highest BCUT2D eigenvalue weighted by molar-refractivity contribution is 5.80. The fraction of sp³-hybridized carbons (Fsp3) is 0.895. The quantitative estimate of drug-likeness (QED) is 0.321. The average Bonchev–Trinajstić information content (AvgIpc) is 3.00. The summed E-state index contributed by atoms with van der Waals surface area (Å²) in [5.41, 5.74) is 0. The molecule has 0 radical (unpaired) electrons. The first-order valence-electron chi connectivity index (χ1n) is 9.97. The highest BCUT2D eigenvalue weighted by atomic mass is 16.5. The van der Waals surface area contributed by atoms with Crippen LogP contribution in [0.3, 0.4) is 0 Å². The lowest BCUT2D eigenvalue weighted by Crippen LogP contribution is -2.42. The number of guanidine groups is 1. The molecule has 0 spiro atoms. The zero-order valence-corrected chi connectivity index (χ0v) is 16.6. The van der Waals surface area contributed by atoms with Crippen molar-refractivity contribution in [3.63, 3.8) is 0 Å². The molecular weight excluding hydrogens is 316 g/mol. The van der Waals surface area contributed by atoms with E-state index in [9.17, 15) is 4.79 Å². The van der Waals surface area contributed by atoms with E-state index in [0.717, 1.165) is 71.0 Å². The van der Waals surface area contributed by atoms with Gasteiger partial charge in [0, 0.05) is 51.9 Å². The lowest BCUT2D eigenvalue weighted by Gasteiger charge is -2.27. The summed E-state index contributed by atoms with van der Waals surface area (Å²) in [6, 6.07) is 0.342. The van der Waals surface area contributed by atoms with Gasteiger partial charge in [-0.05, 0) is 38.5 Å². The van der Waals surface area contributed by atoms with Gasteiger partial charge in [-0.1, -0.05) is 20.8 Å². The molecule has 6 nitrogen and oxygen atoms in total. The number of hydrogen-bond donors (Lipinski definition) is 2. The van der Waals surface area contributed by atoms with Gasteiger partial charge in [0.1, 0.15) is 0 Å². The van der Waals surface area contributed by atoms with Crippen molar-refractivity contribution >= 4 is 11.9 Å². The minimum atomic E-state index is 0.314. The second kappa shape index (κ2) is 13.0. The number of ether oxygens (including phenoxy) is 1. The van der Waals surface area contributed by atoms with Gasteiger partial charge in [-0.25, -0.2) is 0 Å². The summed E-state index contributed by atoms with van der Waals surface area (Å²) in [6.07, 6.45) is 4.63. The van der Waals surface area contributed by atoms with E-state index in [4.69, 9.17) is 4.74 Å². The first kappa shape index (κ1) is 21.7. The summed E-state index contributed by atoms with van der Waals surface area (Å²) in [6.45, 7) is 13.5. The zero-order chi connectivity index (χ0) is 18.5. The van der Waals surface area contributed by atoms with E-state index in [-0.39, 0.29) is 0 Å². The highest BCUT2D eigenvalue weighted by Gasteiger charge is 2.26. The number of hydrogen-bond acceptors (Lipinski definition) is 3. The Kier molecular flexibility index (Phi) is 11.3. The minimum absolute atomic E-state index is 0.314. The maximum absolute atomic E-state index is 11.9. The zero-order valence-electron chi connectivity index (χ0n) is 16.6. The molecule has 0 aliphatic carbocycles. The molecule has 25 heavy (non-hydrogen) atoms. The highest BCUT2D eigenvalue weighted by Crippen LogP contribution is 2.17. The van der Waals surface area contributed by atoms with Crippen molar-refractivity contribution in [2.75, 3.05) is 39.4 Å². The molecule has 0 bridgehead atoms. The smallest absolute Gasteiger partial charge is 0.222 e. The largest absolute Gasteiger partial charge is 0.381 e. The molecule has 1 amide bonds. The van der Waals surface area contributed by atoms with Gasteiger partial charge in [0.2, 0.25) is 5.91 Å². The van der Waals surface area contributed by atoms with Crippen LogP contribution in [0.25, 0.3) is 0 Å². The third-order valence-electron chi connectivity index (χ3n) is 4.30. The molecule has 1 aliphatic rings. The summed E-state index contributed by atoms with van der Waals surface area (Å²) in [4.78, 5) is 18.6. The molecule has 1 atom stereocenters. The maximum Gasteiger partial charge on any atom is 0.222 e. The number of nitrogens with one attached hydrogen (secondary N) is 2. The number of amides is 1. The van der Waals surface area contributed by atoms with Crippen LogP contribution in [-0.4, -0.2) is 62.2 Å². The Morgan fingerprint density at radius 2 is 2.12 bits per heavy atom. The fourth-order valence-corrected chi connectivity index (χ4v) is 3.01. The van der Waals surface area contributed by atoms with Gasteiger partial charge in [-0.3, -0.25) is 9.79 Å². The van der Waals surface area contributed by atoms with Crippen LogP contribution in [0.2, 0.25) is 0 Å². The molecule has 1 saturated heterocycles. The van der Waals surface area contributed by atoms with E-state index in [0.29, 0.717) is 24.3 Å². The first-order valence-corrected chi connectivity index (χ1v) is 9.97. The molecule has 146 valence electrons.